The van der Waals surface area contributed by atoms with E-state index in [0.29, 0.717) is 77.5 Å². The lowest BCUT2D eigenvalue weighted by Gasteiger charge is -2.36. The SMILES string of the molecule is Cc1cc(-n2nc3c(c2-n2ccn(-c4ccc5[nH]ncc5c4F)c2=O)[C@@H]2CC[C@H](C3)N2C(=O)c2cc3cc([C@H]4CCOC(C)(C)C4)ccc3n2[C@@]2(c3noc(=O)[nH]3)C[C@@H]2C)cc(C)c1F. The summed E-state index contributed by atoms with van der Waals surface area (Å²) in [5, 5.41) is 17.2. The number of carbonyl (C=O) groups is 1. The number of rotatable bonds is 7. The highest BCUT2D eigenvalue weighted by Gasteiger charge is 2.59. The third-order valence-corrected chi connectivity index (χ3v) is 14.7. The normalized spacial score (nSPS) is 23.5. The third kappa shape index (κ3) is 5.79. The molecule has 332 valence electrons. The predicted octanol–water partition coefficient (Wildman–Crippen LogP) is 7.57. The summed E-state index contributed by atoms with van der Waals surface area (Å²) in [7, 11) is 0. The first-order chi connectivity index (χ1) is 31.2. The van der Waals surface area contributed by atoms with Crippen LogP contribution < -0.4 is 11.4 Å². The van der Waals surface area contributed by atoms with Crippen molar-refractivity contribution < 1.29 is 22.8 Å². The van der Waals surface area contributed by atoms with E-state index in [0.717, 1.165) is 29.4 Å². The maximum absolute atomic E-state index is 16.0. The molecule has 0 spiro atoms. The summed E-state index contributed by atoms with van der Waals surface area (Å²) in [6, 6.07) is 14.2. The van der Waals surface area contributed by atoms with Crippen molar-refractivity contribution in [1.29, 1.82) is 0 Å². The van der Waals surface area contributed by atoms with E-state index >= 15 is 13.6 Å². The van der Waals surface area contributed by atoms with E-state index in [1.165, 1.54) is 33.2 Å². The molecule has 2 saturated heterocycles. The third-order valence-electron chi connectivity index (χ3n) is 14.7. The molecule has 3 aromatic carbocycles. The maximum Gasteiger partial charge on any atom is 0.438 e. The summed E-state index contributed by atoms with van der Waals surface area (Å²) in [5.74, 6) is -0.788. The average Bonchev–Trinajstić information content (AvgIpc) is 4.01. The lowest BCUT2D eigenvalue weighted by Crippen LogP contribution is -2.43. The molecule has 2 N–H and O–H groups in total. The summed E-state index contributed by atoms with van der Waals surface area (Å²) in [4.78, 5) is 47.7. The fourth-order valence-corrected chi connectivity index (χ4v) is 11.5. The molecule has 1 amide bonds. The second kappa shape index (κ2) is 13.8. The highest BCUT2D eigenvalue weighted by atomic mass is 19.1. The molecule has 12 rings (SSSR count). The number of halogens is 2. The maximum atomic E-state index is 16.0. The van der Waals surface area contributed by atoms with Crippen LogP contribution in [0.5, 0.6) is 0 Å². The molecule has 4 aliphatic rings. The van der Waals surface area contributed by atoms with E-state index in [1.807, 2.05) is 11.0 Å². The van der Waals surface area contributed by atoms with Crippen molar-refractivity contribution in [2.75, 3.05) is 6.61 Å². The number of fused-ring (bicyclic) bond motifs is 6. The molecule has 8 heterocycles. The number of amides is 1. The van der Waals surface area contributed by atoms with Crippen LogP contribution in [0, 0.1) is 31.4 Å². The average molecular weight is 881 g/mol. The number of imidazole rings is 1. The topological polar surface area (TPSA) is 167 Å². The van der Waals surface area contributed by atoms with Gasteiger partial charge in [0.2, 0.25) is 0 Å². The van der Waals surface area contributed by atoms with Crippen LogP contribution in [-0.4, -0.2) is 72.9 Å². The smallest absolute Gasteiger partial charge is 0.376 e. The van der Waals surface area contributed by atoms with Gasteiger partial charge in [0.05, 0.1) is 45.8 Å². The standard InChI is InChI=1S/C48H46F2N10O5/c1-24-16-31(17-25(2)40(24)49)60-42(57-14-13-56(46(57)63)37-11-8-33-32(41(37)50)23-51-53-33)39-34(54-60)20-30-7-10-36(39)58(30)43(61)38-19-29-18-27(28-12-15-64-47(4,5)22-28)6-9-35(29)59(38)48(21-26(48)3)44-52-45(62)65-55-44/h6,8-9,11,13-14,16-19,23,26,28,30,36H,7,10,12,15,20-22H2,1-5H3,(H,51,53)(H,52,55,62)/t26-,28-,30+,36-,48-/m0/s1. The van der Waals surface area contributed by atoms with Crippen LogP contribution in [0.4, 0.5) is 8.78 Å². The minimum Gasteiger partial charge on any atom is -0.376 e. The van der Waals surface area contributed by atoms with Gasteiger partial charge in [0, 0.05) is 47.9 Å². The fraction of sp³-hybridized carbons (Fsp3) is 0.375. The molecule has 1 saturated carbocycles. The highest BCUT2D eigenvalue weighted by Crippen LogP contribution is 2.57. The van der Waals surface area contributed by atoms with Gasteiger partial charge in [-0.1, -0.05) is 18.1 Å². The zero-order valence-electron chi connectivity index (χ0n) is 36.5. The van der Waals surface area contributed by atoms with Gasteiger partial charge in [-0.25, -0.2) is 23.1 Å². The van der Waals surface area contributed by atoms with Crippen LogP contribution in [0.15, 0.2) is 81.2 Å². The number of hydrogen-bond donors (Lipinski definition) is 2. The molecule has 8 aromatic rings. The van der Waals surface area contributed by atoms with Gasteiger partial charge in [0.1, 0.15) is 22.9 Å². The van der Waals surface area contributed by atoms with Gasteiger partial charge < -0.3 is 14.2 Å². The molecule has 17 heteroatoms. The molecule has 0 unspecified atom stereocenters. The number of nitrogens with zero attached hydrogens (tertiary/aromatic N) is 8. The van der Waals surface area contributed by atoms with Crippen LogP contribution in [0.1, 0.15) is 109 Å². The van der Waals surface area contributed by atoms with Crippen LogP contribution in [-0.2, 0) is 16.7 Å². The zero-order valence-corrected chi connectivity index (χ0v) is 36.5. The van der Waals surface area contributed by atoms with Crippen molar-refractivity contribution in [3.05, 3.63) is 139 Å². The summed E-state index contributed by atoms with van der Waals surface area (Å²) < 4.78 is 48.7. The summed E-state index contributed by atoms with van der Waals surface area (Å²) >= 11 is 0. The number of hydrogen-bond acceptors (Lipinski definition) is 8. The minimum atomic E-state index is -0.847. The summed E-state index contributed by atoms with van der Waals surface area (Å²) in [6.45, 7) is 10.3. The van der Waals surface area contributed by atoms with E-state index in [-0.39, 0.29) is 46.3 Å². The Bertz CT molecular complexity index is 3400. The molecule has 15 nitrogen and oxygen atoms in total. The molecule has 2 bridgehead atoms. The van der Waals surface area contributed by atoms with Gasteiger partial charge >= 0.3 is 11.4 Å². The van der Waals surface area contributed by atoms with Crippen molar-refractivity contribution in [2.24, 2.45) is 5.92 Å². The highest BCUT2D eigenvalue weighted by molar-refractivity contribution is 6.00. The van der Waals surface area contributed by atoms with Crippen LogP contribution >= 0.6 is 0 Å². The first kappa shape index (κ1) is 39.7. The zero-order chi connectivity index (χ0) is 44.8. The van der Waals surface area contributed by atoms with Gasteiger partial charge in [-0.05, 0) is 131 Å². The minimum absolute atomic E-state index is 0.00785. The predicted molar refractivity (Wildman–Crippen MR) is 235 cm³/mol. The van der Waals surface area contributed by atoms with Crippen LogP contribution in [0.3, 0.4) is 0 Å². The number of benzene rings is 3. The molecule has 1 aliphatic carbocycles. The number of ether oxygens (including phenoxy) is 1. The number of aromatic amines is 2. The first-order valence-corrected chi connectivity index (χ1v) is 22.2. The second-order valence-electron chi connectivity index (χ2n) is 19.2. The molecule has 0 radical (unpaired) electrons. The monoisotopic (exact) mass is 880 g/mol. The Hall–Kier alpha value is -6.88. The van der Waals surface area contributed by atoms with E-state index < -0.39 is 28.8 Å². The van der Waals surface area contributed by atoms with Gasteiger partial charge in [-0.15, -0.1) is 0 Å². The second-order valence-corrected chi connectivity index (χ2v) is 19.2. The number of carbonyl (C=O) groups excluding carboxylic acids is 1. The molecular weight excluding hydrogens is 835 g/mol. The van der Waals surface area contributed by atoms with E-state index in [1.54, 1.807) is 42.9 Å². The molecular formula is C48H46F2N10O5. The van der Waals surface area contributed by atoms with E-state index in [9.17, 15) is 9.59 Å². The molecule has 5 atom stereocenters. The van der Waals surface area contributed by atoms with E-state index in [2.05, 4.69) is 63.9 Å². The van der Waals surface area contributed by atoms with Gasteiger partial charge in [0.25, 0.3) is 5.91 Å². The molecule has 3 fully saturated rings. The van der Waals surface area contributed by atoms with Gasteiger partial charge in [-0.2, -0.15) is 10.2 Å². The lowest BCUT2D eigenvalue weighted by molar-refractivity contribution is -0.0592. The Kier molecular flexibility index (Phi) is 8.43. The molecule has 65 heavy (non-hydrogen) atoms. The van der Waals surface area contributed by atoms with Crippen molar-refractivity contribution in [3.63, 3.8) is 0 Å². The largest absolute Gasteiger partial charge is 0.438 e. The Morgan fingerprint density at radius 2 is 1.72 bits per heavy atom. The number of aryl methyl sites for hydroxylation is 2. The number of H-pyrrole nitrogens is 2. The number of nitrogens with one attached hydrogen (secondary N) is 2. The van der Waals surface area contributed by atoms with Crippen LogP contribution in [0.25, 0.3) is 39.0 Å². The van der Waals surface area contributed by atoms with Gasteiger partial charge in [-0.3, -0.25) is 28.5 Å². The quantitative estimate of drug-likeness (QED) is 0.165. The number of aromatic nitrogens is 9. The Morgan fingerprint density at radius 1 is 0.938 bits per heavy atom. The Morgan fingerprint density at radius 3 is 2.46 bits per heavy atom. The van der Waals surface area contributed by atoms with Crippen LogP contribution in [0.2, 0.25) is 0 Å². The fourth-order valence-electron chi connectivity index (χ4n) is 11.5. The van der Waals surface area contributed by atoms with Crippen molar-refractivity contribution >= 4 is 27.7 Å². The van der Waals surface area contributed by atoms with Crippen molar-refractivity contribution in [3.8, 4) is 17.2 Å². The Labute approximate surface area is 369 Å². The molecule has 5 aromatic heterocycles. The summed E-state index contributed by atoms with van der Waals surface area (Å²) in [6.07, 6.45) is 8.52. The lowest BCUT2D eigenvalue weighted by atomic mass is 9.83. The Balaban J connectivity index is 1.02. The van der Waals surface area contributed by atoms with Crippen molar-refractivity contribution in [2.45, 2.75) is 102 Å². The first-order valence-electron chi connectivity index (χ1n) is 22.2. The summed E-state index contributed by atoms with van der Waals surface area (Å²) in [5.41, 5.74) is 4.11. The molecule has 3 aliphatic heterocycles. The van der Waals surface area contributed by atoms with E-state index in [4.69, 9.17) is 14.4 Å². The van der Waals surface area contributed by atoms with Gasteiger partial charge in [0.15, 0.2) is 11.6 Å². The van der Waals surface area contributed by atoms with Crippen molar-refractivity contribution in [1.82, 2.24) is 48.7 Å².